The predicted octanol–water partition coefficient (Wildman–Crippen LogP) is 2.16. The molecule has 0 amide bonds. The van der Waals surface area contributed by atoms with Gasteiger partial charge in [0.25, 0.3) is 0 Å². The van der Waals surface area contributed by atoms with Gasteiger partial charge >= 0.3 is 0 Å². The average molecular weight is 450 g/mol. The third-order valence-corrected chi connectivity index (χ3v) is 5.64. The highest BCUT2D eigenvalue weighted by atomic mass is 127. The van der Waals surface area contributed by atoms with Gasteiger partial charge in [-0.1, -0.05) is 0 Å². The number of nitrogens with one attached hydrogen (secondary N) is 1. The summed E-state index contributed by atoms with van der Waals surface area (Å²) in [6.07, 6.45) is 1.22. The first-order valence-corrected chi connectivity index (χ1v) is 8.96. The van der Waals surface area contributed by atoms with Crippen molar-refractivity contribution in [1.82, 2.24) is 15.1 Å². The number of halogens is 1. The standard InChI is InChI=1S/C16H26N4OS.HI/c1-13-4-10-22-15(13)11-18-16(17-2)20-5-3-14(12-20)19-6-8-21-9-7-19;/h4,10,14H,3,5-9,11-12H2,1-2H3,(H,17,18);1H. The van der Waals surface area contributed by atoms with Crippen molar-refractivity contribution in [3.8, 4) is 0 Å². The Kier molecular flexibility index (Phi) is 7.58. The molecule has 1 unspecified atom stereocenters. The van der Waals surface area contributed by atoms with E-state index < -0.39 is 0 Å². The summed E-state index contributed by atoms with van der Waals surface area (Å²) in [7, 11) is 1.88. The van der Waals surface area contributed by atoms with Gasteiger partial charge < -0.3 is 15.0 Å². The van der Waals surface area contributed by atoms with E-state index in [0.29, 0.717) is 6.04 Å². The lowest BCUT2D eigenvalue weighted by Gasteiger charge is -2.32. The van der Waals surface area contributed by atoms with E-state index in [1.54, 1.807) is 0 Å². The second-order valence-corrected chi connectivity index (χ2v) is 6.97. The summed E-state index contributed by atoms with van der Waals surface area (Å²) >= 11 is 1.81. The largest absolute Gasteiger partial charge is 0.379 e. The van der Waals surface area contributed by atoms with E-state index in [1.807, 2.05) is 18.4 Å². The molecule has 0 aliphatic carbocycles. The Morgan fingerprint density at radius 3 is 2.83 bits per heavy atom. The summed E-state index contributed by atoms with van der Waals surface area (Å²) in [4.78, 5) is 10.8. The number of guanidine groups is 1. The quantitative estimate of drug-likeness (QED) is 0.436. The summed E-state index contributed by atoms with van der Waals surface area (Å²) in [6, 6.07) is 2.82. The molecule has 1 aromatic heterocycles. The highest BCUT2D eigenvalue weighted by Crippen LogP contribution is 2.18. The molecule has 7 heteroatoms. The number of ether oxygens (including phenoxy) is 1. The minimum atomic E-state index is 0. The Hall–Kier alpha value is -0.380. The van der Waals surface area contributed by atoms with Gasteiger partial charge in [0.1, 0.15) is 0 Å². The highest BCUT2D eigenvalue weighted by Gasteiger charge is 2.30. The van der Waals surface area contributed by atoms with E-state index in [-0.39, 0.29) is 24.0 Å². The van der Waals surface area contributed by atoms with E-state index in [9.17, 15) is 0 Å². The van der Waals surface area contributed by atoms with Gasteiger partial charge in [-0.25, -0.2) is 0 Å². The summed E-state index contributed by atoms with van der Waals surface area (Å²) in [5.41, 5.74) is 1.36. The van der Waals surface area contributed by atoms with Crippen molar-refractivity contribution < 1.29 is 4.74 Å². The zero-order valence-electron chi connectivity index (χ0n) is 14.0. The van der Waals surface area contributed by atoms with Gasteiger partial charge in [-0.15, -0.1) is 35.3 Å². The van der Waals surface area contributed by atoms with Gasteiger partial charge in [0.15, 0.2) is 5.96 Å². The molecule has 1 aromatic rings. The number of nitrogens with zero attached hydrogens (tertiary/aromatic N) is 3. The Morgan fingerprint density at radius 1 is 1.39 bits per heavy atom. The molecule has 0 bridgehead atoms. The van der Waals surface area contributed by atoms with Crippen LogP contribution in [0.3, 0.4) is 0 Å². The maximum Gasteiger partial charge on any atom is 0.193 e. The van der Waals surface area contributed by atoms with Crippen LogP contribution in [0, 0.1) is 6.92 Å². The van der Waals surface area contributed by atoms with E-state index in [2.05, 4.69) is 38.5 Å². The topological polar surface area (TPSA) is 40.1 Å². The van der Waals surface area contributed by atoms with Gasteiger partial charge in [0.2, 0.25) is 0 Å². The third-order valence-electron chi connectivity index (χ3n) is 4.61. The average Bonchev–Trinajstić information content (AvgIpc) is 3.19. The molecule has 2 aliphatic heterocycles. The molecule has 3 heterocycles. The molecule has 0 radical (unpaired) electrons. The second-order valence-electron chi connectivity index (χ2n) is 5.96. The van der Waals surface area contributed by atoms with Gasteiger partial charge in [-0.2, -0.15) is 0 Å². The minimum Gasteiger partial charge on any atom is -0.379 e. The first-order valence-electron chi connectivity index (χ1n) is 8.08. The minimum absolute atomic E-state index is 0. The van der Waals surface area contributed by atoms with Crippen molar-refractivity contribution in [3.63, 3.8) is 0 Å². The van der Waals surface area contributed by atoms with Gasteiger partial charge in [0, 0.05) is 44.1 Å². The van der Waals surface area contributed by atoms with Crippen LogP contribution in [0.1, 0.15) is 16.9 Å². The molecule has 2 fully saturated rings. The smallest absolute Gasteiger partial charge is 0.193 e. The number of aliphatic imine (C=N–C) groups is 1. The maximum atomic E-state index is 5.46. The Balaban J connectivity index is 0.00000192. The Bertz CT molecular complexity index is 516. The van der Waals surface area contributed by atoms with Crippen molar-refractivity contribution in [2.45, 2.75) is 25.9 Å². The van der Waals surface area contributed by atoms with Crippen LogP contribution in [0.2, 0.25) is 0 Å². The van der Waals surface area contributed by atoms with Gasteiger partial charge in [-0.05, 0) is 30.4 Å². The number of hydrogen-bond acceptors (Lipinski definition) is 4. The molecule has 23 heavy (non-hydrogen) atoms. The molecule has 2 aliphatic rings. The van der Waals surface area contributed by atoms with Crippen LogP contribution in [0.15, 0.2) is 16.4 Å². The number of morpholine rings is 1. The van der Waals surface area contributed by atoms with Crippen LogP contribution in [0.4, 0.5) is 0 Å². The fraction of sp³-hybridized carbons (Fsp3) is 0.688. The first-order chi connectivity index (χ1) is 10.8. The number of aryl methyl sites for hydroxylation is 1. The number of rotatable bonds is 3. The monoisotopic (exact) mass is 450 g/mol. The lowest BCUT2D eigenvalue weighted by molar-refractivity contribution is 0.0195. The lowest BCUT2D eigenvalue weighted by atomic mass is 10.2. The van der Waals surface area contributed by atoms with Crippen molar-refractivity contribution in [2.75, 3.05) is 46.4 Å². The molecule has 0 aromatic carbocycles. The SMILES string of the molecule is CN=C(NCc1sccc1C)N1CCC(N2CCOCC2)C1.I. The Morgan fingerprint density at radius 2 is 2.17 bits per heavy atom. The lowest BCUT2D eigenvalue weighted by Crippen LogP contribution is -2.46. The molecule has 5 nitrogen and oxygen atoms in total. The number of likely N-dealkylation sites (tertiary alicyclic amines) is 1. The van der Waals surface area contributed by atoms with Crippen LogP contribution >= 0.6 is 35.3 Å². The van der Waals surface area contributed by atoms with E-state index in [4.69, 9.17) is 4.74 Å². The molecule has 1 N–H and O–H groups in total. The molecule has 0 saturated carbocycles. The van der Waals surface area contributed by atoms with Crippen LogP contribution in [-0.4, -0.2) is 68.2 Å². The summed E-state index contributed by atoms with van der Waals surface area (Å²) in [5.74, 6) is 1.03. The van der Waals surface area contributed by atoms with Crippen LogP contribution < -0.4 is 5.32 Å². The molecule has 2 saturated heterocycles. The molecular formula is C16H27IN4OS. The summed E-state index contributed by atoms with van der Waals surface area (Å²) in [6.45, 7) is 9.09. The molecule has 0 spiro atoms. The normalized spacial score (nSPS) is 23.0. The predicted molar refractivity (Wildman–Crippen MR) is 107 cm³/mol. The van der Waals surface area contributed by atoms with Crippen molar-refractivity contribution in [2.24, 2.45) is 4.99 Å². The summed E-state index contributed by atoms with van der Waals surface area (Å²) in [5, 5.41) is 5.67. The molecule has 130 valence electrons. The van der Waals surface area contributed by atoms with Crippen molar-refractivity contribution in [1.29, 1.82) is 0 Å². The molecule has 1 atom stereocenters. The zero-order valence-corrected chi connectivity index (χ0v) is 17.1. The van der Waals surface area contributed by atoms with E-state index in [1.165, 1.54) is 16.9 Å². The van der Waals surface area contributed by atoms with Crippen LogP contribution in [0.25, 0.3) is 0 Å². The molecular weight excluding hydrogens is 423 g/mol. The number of hydrogen-bond donors (Lipinski definition) is 1. The van der Waals surface area contributed by atoms with Crippen LogP contribution in [0.5, 0.6) is 0 Å². The van der Waals surface area contributed by atoms with Crippen molar-refractivity contribution in [3.05, 3.63) is 21.9 Å². The van der Waals surface area contributed by atoms with E-state index in [0.717, 1.165) is 51.9 Å². The highest BCUT2D eigenvalue weighted by molar-refractivity contribution is 14.0. The second kappa shape index (κ2) is 9.19. The van der Waals surface area contributed by atoms with E-state index >= 15 is 0 Å². The Labute approximate surface area is 160 Å². The van der Waals surface area contributed by atoms with Crippen LogP contribution in [-0.2, 0) is 11.3 Å². The van der Waals surface area contributed by atoms with Crippen molar-refractivity contribution >= 4 is 41.3 Å². The fourth-order valence-electron chi connectivity index (χ4n) is 3.25. The van der Waals surface area contributed by atoms with Gasteiger partial charge in [-0.3, -0.25) is 9.89 Å². The maximum absolute atomic E-state index is 5.46. The zero-order chi connectivity index (χ0) is 15.4. The molecule has 3 rings (SSSR count). The first kappa shape index (κ1) is 19.0. The summed E-state index contributed by atoms with van der Waals surface area (Å²) < 4.78 is 5.46. The third kappa shape index (κ3) is 4.80. The van der Waals surface area contributed by atoms with Gasteiger partial charge in [0.05, 0.1) is 19.8 Å². The number of thiophene rings is 1. The fourth-order valence-corrected chi connectivity index (χ4v) is 4.10.